The Morgan fingerprint density at radius 1 is 1.03 bits per heavy atom. The molecule has 0 radical (unpaired) electrons. The van der Waals surface area contributed by atoms with Gasteiger partial charge in [0.25, 0.3) is 0 Å². The van der Waals surface area contributed by atoms with Crippen LogP contribution in [0.1, 0.15) is 41.8 Å². The van der Waals surface area contributed by atoms with E-state index in [0.29, 0.717) is 32.4 Å². The van der Waals surface area contributed by atoms with E-state index in [1.54, 1.807) is 7.11 Å². The van der Waals surface area contributed by atoms with Gasteiger partial charge in [0, 0.05) is 63.7 Å². The summed E-state index contributed by atoms with van der Waals surface area (Å²) in [6.07, 6.45) is 4.52. The number of methoxy groups -OCH3 is 1. The van der Waals surface area contributed by atoms with Crippen LogP contribution >= 0.6 is 0 Å². The summed E-state index contributed by atoms with van der Waals surface area (Å²) in [7, 11) is 3.59. The molecule has 30 heavy (non-hydrogen) atoms. The third-order valence-electron chi connectivity index (χ3n) is 6.23. The molecule has 160 valence electrons. The number of amides is 2. The Balaban J connectivity index is 1.40. The minimum atomic E-state index is 0.119. The highest BCUT2D eigenvalue weighted by molar-refractivity contribution is 5.79. The molecule has 0 N–H and O–H groups in total. The molecule has 7 heteroatoms. The molecule has 0 aliphatic carbocycles. The maximum absolute atomic E-state index is 12.9. The number of rotatable bonds is 6. The molecule has 2 aliphatic rings. The first-order valence-electron chi connectivity index (χ1n) is 10.8. The van der Waals surface area contributed by atoms with E-state index in [1.165, 1.54) is 5.69 Å². The van der Waals surface area contributed by atoms with Crippen LogP contribution in [0.4, 0.5) is 0 Å². The SMILES string of the molecule is COc1ccc(CC(=O)N2CCc3c(c(CCC(=O)N4CCCC4)nn3C)C2)cc1. The van der Waals surface area contributed by atoms with Gasteiger partial charge in [-0.05, 0) is 30.5 Å². The van der Waals surface area contributed by atoms with E-state index >= 15 is 0 Å². The fraction of sp³-hybridized carbons (Fsp3) is 0.522. The summed E-state index contributed by atoms with van der Waals surface area (Å²) in [5, 5.41) is 4.68. The van der Waals surface area contributed by atoms with E-state index in [2.05, 4.69) is 5.10 Å². The van der Waals surface area contributed by atoms with E-state index in [1.807, 2.05) is 45.8 Å². The predicted octanol–water partition coefficient (Wildman–Crippen LogP) is 2.11. The predicted molar refractivity (Wildman–Crippen MR) is 113 cm³/mol. The van der Waals surface area contributed by atoms with Crippen LogP contribution in [0.5, 0.6) is 5.75 Å². The molecule has 0 spiro atoms. The summed E-state index contributed by atoms with van der Waals surface area (Å²) in [4.78, 5) is 29.2. The molecule has 1 aromatic heterocycles. The van der Waals surface area contributed by atoms with Gasteiger partial charge < -0.3 is 14.5 Å². The zero-order valence-electron chi connectivity index (χ0n) is 17.9. The number of likely N-dealkylation sites (tertiary alicyclic amines) is 1. The van der Waals surface area contributed by atoms with Crippen LogP contribution in [0.25, 0.3) is 0 Å². The van der Waals surface area contributed by atoms with E-state index in [0.717, 1.165) is 54.9 Å². The number of hydrogen-bond donors (Lipinski definition) is 0. The summed E-state index contributed by atoms with van der Waals surface area (Å²) in [5.74, 6) is 1.13. The Hall–Kier alpha value is -2.83. The third-order valence-corrected chi connectivity index (χ3v) is 6.23. The maximum atomic E-state index is 12.9. The third kappa shape index (κ3) is 4.35. The van der Waals surface area contributed by atoms with Gasteiger partial charge in [-0.1, -0.05) is 12.1 Å². The Labute approximate surface area is 177 Å². The van der Waals surface area contributed by atoms with Gasteiger partial charge in [0.1, 0.15) is 5.75 Å². The van der Waals surface area contributed by atoms with Gasteiger partial charge in [0.2, 0.25) is 11.8 Å². The van der Waals surface area contributed by atoms with Gasteiger partial charge in [-0.25, -0.2) is 0 Å². The van der Waals surface area contributed by atoms with Gasteiger partial charge in [-0.2, -0.15) is 5.10 Å². The number of aryl methyl sites for hydroxylation is 2. The number of hydrogen-bond acceptors (Lipinski definition) is 4. The van der Waals surface area contributed by atoms with Crippen molar-refractivity contribution in [3.8, 4) is 5.75 Å². The normalized spacial score (nSPS) is 15.9. The number of fused-ring (bicyclic) bond motifs is 1. The lowest BCUT2D eigenvalue weighted by molar-refractivity contribution is -0.131. The maximum Gasteiger partial charge on any atom is 0.227 e. The number of carbonyl (C=O) groups excluding carboxylic acids is 2. The monoisotopic (exact) mass is 410 g/mol. The standard InChI is InChI=1S/C23H30N4O3/c1-25-21-11-14-27(23(29)15-17-5-7-18(30-2)8-6-17)16-19(21)20(24-25)9-10-22(28)26-12-3-4-13-26/h5-8H,3-4,9-16H2,1-2H3. The fourth-order valence-electron chi connectivity index (χ4n) is 4.46. The van der Waals surface area contributed by atoms with Crippen molar-refractivity contribution in [1.82, 2.24) is 19.6 Å². The average molecular weight is 411 g/mol. The second-order valence-corrected chi connectivity index (χ2v) is 8.17. The molecule has 2 aromatic rings. The molecular formula is C23H30N4O3. The second kappa shape index (κ2) is 8.90. The minimum absolute atomic E-state index is 0.119. The second-order valence-electron chi connectivity index (χ2n) is 8.17. The van der Waals surface area contributed by atoms with E-state index in [-0.39, 0.29) is 11.8 Å². The Bertz CT molecular complexity index is 913. The first kappa shape index (κ1) is 20.4. The summed E-state index contributed by atoms with van der Waals surface area (Å²) < 4.78 is 7.11. The van der Waals surface area contributed by atoms with E-state index in [9.17, 15) is 9.59 Å². The summed E-state index contributed by atoms with van der Waals surface area (Å²) in [6.45, 7) is 3.04. The smallest absolute Gasteiger partial charge is 0.227 e. The Kier molecular flexibility index (Phi) is 6.06. The molecule has 0 saturated carbocycles. The number of ether oxygens (including phenoxy) is 1. The van der Waals surface area contributed by atoms with Crippen LogP contribution in [-0.2, 0) is 42.4 Å². The highest BCUT2D eigenvalue weighted by Gasteiger charge is 2.27. The molecular weight excluding hydrogens is 380 g/mol. The average Bonchev–Trinajstić information content (AvgIpc) is 3.41. The zero-order chi connectivity index (χ0) is 21.1. The van der Waals surface area contributed by atoms with Crippen LogP contribution in [0.3, 0.4) is 0 Å². The highest BCUT2D eigenvalue weighted by Crippen LogP contribution is 2.24. The molecule has 0 unspecified atom stereocenters. The van der Waals surface area contributed by atoms with Crippen molar-refractivity contribution in [2.24, 2.45) is 7.05 Å². The van der Waals surface area contributed by atoms with Crippen molar-refractivity contribution in [1.29, 1.82) is 0 Å². The topological polar surface area (TPSA) is 67.7 Å². The van der Waals surface area contributed by atoms with Crippen molar-refractivity contribution in [2.45, 2.75) is 45.1 Å². The lowest BCUT2D eigenvalue weighted by atomic mass is 10.0. The van der Waals surface area contributed by atoms with Crippen LogP contribution in [0.2, 0.25) is 0 Å². The molecule has 1 saturated heterocycles. The van der Waals surface area contributed by atoms with Gasteiger partial charge in [-0.3, -0.25) is 14.3 Å². The number of nitrogens with zero attached hydrogens (tertiary/aromatic N) is 4. The molecule has 0 atom stereocenters. The Morgan fingerprint density at radius 2 is 1.77 bits per heavy atom. The molecule has 2 amide bonds. The first-order chi connectivity index (χ1) is 14.5. The summed E-state index contributed by atoms with van der Waals surface area (Å²) >= 11 is 0. The fourth-order valence-corrected chi connectivity index (χ4v) is 4.46. The largest absolute Gasteiger partial charge is 0.497 e. The minimum Gasteiger partial charge on any atom is -0.497 e. The molecule has 3 heterocycles. The lowest BCUT2D eigenvalue weighted by Gasteiger charge is -2.28. The quantitative estimate of drug-likeness (QED) is 0.732. The number of carbonyl (C=O) groups is 2. The summed E-state index contributed by atoms with van der Waals surface area (Å²) in [5.41, 5.74) is 4.25. The first-order valence-corrected chi connectivity index (χ1v) is 10.8. The molecule has 7 nitrogen and oxygen atoms in total. The van der Waals surface area contributed by atoms with Crippen molar-refractivity contribution in [2.75, 3.05) is 26.7 Å². The zero-order valence-corrected chi connectivity index (χ0v) is 17.9. The van der Waals surface area contributed by atoms with Gasteiger partial charge in [0.05, 0.1) is 19.2 Å². The Morgan fingerprint density at radius 3 is 2.47 bits per heavy atom. The molecule has 1 fully saturated rings. The van der Waals surface area contributed by atoms with Crippen molar-refractivity contribution >= 4 is 11.8 Å². The van der Waals surface area contributed by atoms with Crippen molar-refractivity contribution in [3.05, 3.63) is 46.8 Å². The van der Waals surface area contributed by atoms with E-state index in [4.69, 9.17) is 4.74 Å². The van der Waals surface area contributed by atoms with Gasteiger partial charge in [-0.15, -0.1) is 0 Å². The van der Waals surface area contributed by atoms with Crippen molar-refractivity contribution < 1.29 is 14.3 Å². The van der Waals surface area contributed by atoms with Gasteiger partial charge in [0.15, 0.2) is 0 Å². The highest BCUT2D eigenvalue weighted by atomic mass is 16.5. The van der Waals surface area contributed by atoms with Crippen LogP contribution < -0.4 is 4.74 Å². The summed E-state index contributed by atoms with van der Waals surface area (Å²) in [6, 6.07) is 7.64. The molecule has 1 aromatic carbocycles. The number of benzene rings is 1. The number of aromatic nitrogens is 2. The van der Waals surface area contributed by atoms with Crippen LogP contribution in [-0.4, -0.2) is 58.1 Å². The molecule has 2 aliphatic heterocycles. The van der Waals surface area contributed by atoms with E-state index < -0.39 is 0 Å². The lowest BCUT2D eigenvalue weighted by Crippen LogP contribution is -2.37. The molecule has 0 bridgehead atoms. The van der Waals surface area contributed by atoms with Crippen LogP contribution in [0, 0.1) is 0 Å². The van der Waals surface area contributed by atoms with Gasteiger partial charge >= 0.3 is 0 Å². The molecule has 4 rings (SSSR count). The van der Waals surface area contributed by atoms with Crippen LogP contribution in [0.15, 0.2) is 24.3 Å². The van der Waals surface area contributed by atoms with Crippen molar-refractivity contribution in [3.63, 3.8) is 0 Å².